The van der Waals surface area contributed by atoms with Gasteiger partial charge in [-0.25, -0.2) is 4.79 Å². The number of nitrogen functional groups attached to an aromatic ring is 1. The molecule has 0 bridgehead atoms. The van der Waals surface area contributed by atoms with Gasteiger partial charge in [0.15, 0.2) is 0 Å². The number of carbonyl (C=O) groups excluding carboxylic acids is 1. The Morgan fingerprint density at radius 1 is 1.16 bits per heavy atom. The number of anilines is 2. The first-order chi connectivity index (χ1) is 9.13. The topological polar surface area (TPSA) is 67.1 Å². The highest BCUT2D eigenvalue weighted by atomic mass is 35.5. The molecule has 2 amide bonds. The number of nitrogens with one attached hydrogen (secondary N) is 2. The number of benzene rings is 2. The van der Waals surface area contributed by atoms with Crippen molar-refractivity contribution in [1.82, 2.24) is 5.32 Å². The van der Waals surface area contributed by atoms with E-state index in [0.29, 0.717) is 22.9 Å². The normalized spacial score (nSPS) is 9.95. The molecule has 0 aliphatic carbocycles. The molecule has 0 spiro atoms. The molecule has 0 heterocycles. The molecule has 4 nitrogen and oxygen atoms in total. The first kappa shape index (κ1) is 13.2. The molecule has 2 aromatic carbocycles. The maximum Gasteiger partial charge on any atom is 0.319 e. The van der Waals surface area contributed by atoms with E-state index in [0.717, 1.165) is 5.56 Å². The third-order valence-electron chi connectivity index (χ3n) is 2.49. The summed E-state index contributed by atoms with van der Waals surface area (Å²) >= 11 is 5.83. The Morgan fingerprint density at radius 2 is 1.95 bits per heavy atom. The second-order valence-electron chi connectivity index (χ2n) is 4.06. The quantitative estimate of drug-likeness (QED) is 0.753. The standard InChI is InChI=1S/C14H14ClN3O/c15-11-4-2-6-13(8-11)18-14(19)17-9-10-3-1-5-12(16)7-10/h1-8H,9,16H2,(H2,17,18,19). The van der Waals surface area contributed by atoms with Crippen LogP contribution in [0.5, 0.6) is 0 Å². The number of carbonyl (C=O) groups is 1. The summed E-state index contributed by atoms with van der Waals surface area (Å²) in [5.41, 5.74) is 7.93. The second-order valence-corrected chi connectivity index (χ2v) is 4.50. The van der Waals surface area contributed by atoms with Crippen LogP contribution in [0.15, 0.2) is 48.5 Å². The van der Waals surface area contributed by atoms with E-state index in [2.05, 4.69) is 10.6 Å². The molecule has 2 rings (SSSR count). The van der Waals surface area contributed by atoms with Crippen molar-refractivity contribution < 1.29 is 4.79 Å². The first-order valence-electron chi connectivity index (χ1n) is 5.78. The van der Waals surface area contributed by atoms with Gasteiger partial charge in [-0.3, -0.25) is 0 Å². The third-order valence-corrected chi connectivity index (χ3v) is 2.72. The lowest BCUT2D eigenvalue weighted by Gasteiger charge is -2.08. The minimum absolute atomic E-state index is 0.287. The summed E-state index contributed by atoms with van der Waals surface area (Å²) in [5, 5.41) is 6.02. The fraction of sp³-hybridized carbons (Fsp3) is 0.0714. The van der Waals surface area contributed by atoms with Crippen molar-refractivity contribution in [2.24, 2.45) is 0 Å². The highest BCUT2D eigenvalue weighted by molar-refractivity contribution is 6.30. The molecule has 0 aliphatic rings. The fourth-order valence-electron chi connectivity index (χ4n) is 1.63. The largest absolute Gasteiger partial charge is 0.399 e. The molecule has 0 fully saturated rings. The molecule has 0 radical (unpaired) electrons. The molecule has 5 heteroatoms. The lowest BCUT2D eigenvalue weighted by Crippen LogP contribution is -2.28. The van der Waals surface area contributed by atoms with Gasteiger partial charge in [-0.1, -0.05) is 29.8 Å². The van der Waals surface area contributed by atoms with Gasteiger partial charge in [-0.05, 0) is 35.9 Å². The van der Waals surface area contributed by atoms with Crippen molar-refractivity contribution in [2.45, 2.75) is 6.54 Å². The second kappa shape index (κ2) is 6.11. The predicted molar refractivity (Wildman–Crippen MR) is 78.2 cm³/mol. The van der Waals surface area contributed by atoms with Crippen LogP contribution in [0.25, 0.3) is 0 Å². The lowest BCUT2D eigenvalue weighted by molar-refractivity contribution is 0.251. The zero-order valence-corrected chi connectivity index (χ0v) is 10.9. The van der Waals surface area contributed by atoms with E-state index in [9.17, 15) is 4.79 Å². The van der Waals surface area contributed by atoms with Crippen LogP contribution in [0.4, 0.5) is 16.2 Å². The Kier molecular flexibility index (Phi) is 4.26. The molecule has 19 heavy (non-hydrogen) atoms. The van der Waals surface area contributed by atoms with Crippen LogP contribution in [-0.4, -0.2) is 6.03 Å². The maximum absolute atomic E-state index is 11.7. The number of urea groups is 1. The van der Waals surface area contributed by atoms with Crippen molar-refractivity contribution in [3.63, 3.8) is 0 Å². The van der Waals surface area contributed by atoms with Crippen LogP contribution in [0, 0.1) is 0 Å². The molecular formula is C14H14ClN3O. The van der Waals surface area contributed by atoms with Gasteiger partial charge in [0, 0.05) is 22.9 Å². The SMILES string of the molecule is Nc1cccc(CNC(=O)Nc2cccc(Cl)c2)c1. The summed E-state index contributed by atoms with van der Waals surface area (Å²) in [6, 6.07) is 14.1. The molecule has 0 saturated carbocycles. The van der Waals surface area contributed by atoms with Crippen molar-refractivity contribution in [2.75, 3.05) is 11.1 Å². The van der Waals surface area contributed by atoms with E-state index in [1.807, 2.05) is 18.2 Å². The minimum Gasteiger partial charge on any atom is -0.399 e. The average molecular weight is 276 g/mol. The van der Waals surface area contributed by atoms with Crippen LogP contribution in [0.1, 0.15) is 5.56 Å². The molecule has 0 saturated heterocycles. The number of nitrogens with two attached hydrogens (primary N) is 1. The summed E-state index contributed by atoms with van der Waals surface area (Å²) in [6.45, 7) is 0.414. The molecule has 0 unspecified atom stereocenters. The number of rotatable bonds is 3. The zero-order valence-electron chi connectivity index (χ0n) is 10.2. The van der Waals surface area contributed by atoms with Gasteiger partial charge in [0.1, 0.15) is 0 Å². The van der Waals surface area contributed by atoms with E-state index in [1.165, 1.54) is 0 Å². The third kappa shape index (κ3) is 4.19. The van der Waals surface area contributed by atoms with Crippen molar-refractivity contribution in [3.05, 3.63) is 59.1 Å². The van der Waals surface area contributed by atoms with Crippen molar-refractivity contribution >= 4 is 29.0 Å². The van der Waals surface area contributed by atoms with Gasteiger partial charge >= 0.3 is 6.03 Å². The van der Waals surface area contributed by atoms with Gasteiger partial charge in [-0.2, -0.15) is 0 Å². The summed E-state index contributed by atoms with van der Waals surface area (Å²) < 4.78 is 0. The molecule has 2 aromatic rings. The summed E-state index contributed by atoms with van der Waals surface area (Å²) in [6.07, 6.45) is 0. The molecular weight excluding hydrogens is 262 g/mol. The van der Waals surface area contributed by atoms with Gasteiger partial charge < -0.3 is 16.4 Å². The molecule has 0 aliphatic heterocycles. The Balaban J connectivity index is 1.88. The Labute approximate surface area is 116 Å². The van der Waals surface area contributed by atoms with Crippen LogP contribution in [0.2, 0.25) is 5.02 Å². The Hall–Kier alpha value is -2.20. The van der Waals surface area contributed by atoms with E-state index >= 15 is 0 Å². The van der Waals surface area contributed by atoms with E-state index < -0.39 is 0 Å². The van der Waals surface area contributed by atoms with Crippen LogP contribution < -0.4 is 16.4 Å². The zero-order chi connectivity index (χ0) is 13.7. The number of amides is 2. The maximum atomic E-state index is 11.7. The molecule has 0 atom stereocenters. The average Bonchev–Trinajstić information content (AvgIpc) is 2.36. The molecule has 4 N–H and O–H groups in total. The van der Waals surface area contributed by atoms with E-state index in [1.54, 1.807) is 30.3 Å². The summed E-state index contributed by atoms with van der Waals surface area (Å²) in [7, 11) is 0. The number of hydrogen-bond acceptors (Lipinski definition) is 2. The lowest BCUT2D eigenvalue weighted by atomic mass is 10.2. The van der Waals surface area contributed by atoms with Gasteiger partial charge in [-0.15, -0.1) is 0 Å². The first-order valence-corrected chi connectivity index (χ1v) is 6.16. The molecule has 98 valence electrons. The minimum atomic E-state index is -0.287. The summed E-state index contributed by atoms with van der Waals surface area (Å²) in [5.74, 6) is 0. The smallest absolute Gasteiger partial charge is 0.319 e. The van der Waals surface area contributed by atoms with Crippen LogP contribution >= 0.6 is 11.6 Å². The highest BCUT2D eigenvalue weighted by Crippen LogP contribution is 2.14. The Bertz CT molecular complexity index is 586. The summed E-state index contributed by atoms with van der Waals surface area (Å²) in [4.78, 5) is 11.7. The van der Waals surface area contributed by atoms with Crippen molar-refractivity contribution in [1.29, 1.82) is 0 Å². The fourth-order valence-corrected chi connectivity index (χ4v) is 1.82. The van der Waals surface area contributed by atoms with E-state index in [-0.39, 0.29) is 6.03 Å². The Morgan fingerprint density at radius 3 is 2.68 bits per heavy atom. The molecule has 0 aromatic heterocycles. The van der Waals surface area contributed by atoms with E-state index in [4.69, 9.17) is 17.3 Å². The van der Waals surface area contributed by atoms with Crippen LogP contribution in [-0.2, 0) is 6.54 Å². The number of hydrogen-bond donors (Lipinski definition) is 3. The monoisotopic (exact) mass is 275 g/mol. The van der Waals surface area contributed by atoms with Gasteiger partial charge in [0.05, 0.1) is 0 Å². The van der Waals surface area contributed by atoms with Gasteiger partial charge in [0.25, 0.3) is 0 Å². The predicted octanol–water partition coefficient (Wildman–Crippen LogP) is 3.24. The van der Waals surface area contributed by atoms with Crippen LogP contribution in [0.3, 0.4) is 0 Å². The van der Waals surface area contributed by atoms with Gasteiger partial charge in [0.2, 0.25) is 0 Å². The van der Waals surface area contributed by atoms with Crippen molar-refractivity contribution in [3.8, 4) is 0 Å². The highest BCUT2D eigenvalue weighted by Gasteiger charge is 2.02. The number of halogens is 1.